The first-order chi connectivity index (χ1) is 49.0. The Morgan fingerprint density at radius 2 is 0.583 bits per heavy atom. The molecule has 0 spiro atoms. The molecule has 21 fully saturated rings. The lowest BCUT2D eigenvalue weighted by Crippen LogP contribution is -2.68. The lowest BCUT2D eigenvalue weighted by molar-refractivity contribution is -0.395. The highest BCUT2D eigenvalue weighted by Gasteiger charge is 2.60. The van der Waals surface area contributed by atoms with E-state index in [1.165, 1.54) is 13.8 Å². The molecule has 103 heavy (non-hydrogen) atoms. The summed E-state index contributed by atoms with van der Waals surface area (Å²) in [7, 11) is 0. The third-order valence-electron chi connectivity index (χ3n) is 19.0. The van der Waals surface area contributed by atoms with Crippen LogP contribution in [0.15, 0.2) is 0 Å². The fraction of sp³-hybridized carbons (Fsp3) is 0.934. The van der Waals surface area contributed by atoms with E-state index in [9.17, 15) is 121 Å². The van der Waals surface area contributed by atoms with Gasteiger partial charge < -0.3 is 178 Å². The Bertz CT molecular complexity index is 2610. The Kier molecular flexibility index (Phi) is 33.6. The van der Waals surface area contributed by atoms with Crippen LogP contribution in [0, 0.1) is 11.8 Å². The number of ketones is 3. The maximum Gasteiger partial charge on any atom is 0.307 e. The van der Waals surface area contributed by atoms with E-state index in [0.29, 0.717) is 0 Å². The zero-order valence-electron chi connectivity index (χ0n) is 56.3. The van der Waals surface area contributed by atoms with E-state index in [4.69, 9.17) is 75.8 Å². The van der Waals surface area contributed by atoms with Gasteiger partial charge in [-0.05, 0) is 20.3 Å². The molecule has 0 amide bonds. The predicted octanol–water partition coefficient (Wildman–Crippen LogP) is -11.1. The highest BCUT2D eigenvalue weighted by molar-refractivity contribution is 7.99. The van der Waals surface area contributed by atoms with Crippen molar-refractivity contribution in [2.45, 2.75) is 261 Å². The summed E-state index contributed by atoms with van der Waals surface area (Å²) in [4.78, 5) is 49.4. The van der Waals surface area contributed by atoms with Crippen molar-refractivity contribution in [1.82, 2.24) is 0 Å². The van der Waals surface area contributed by atoms with Gasteiger partial charge in [-0.25, -0.2) is 0 Å². The zero-order chi connectivity index (χ0) is 75.4. The SMILES string of the molecule is CCC(CSCC1O[C@H]2O[C@@H]3C(CO)O[C@H](O[C@@H]4C(CO)O[C@H](O[C@@H]5C(CO)O[C@H](O[C@@H]6C(CSCC(CC(=O)CCOCCOCCC(C)=O)C(C)=O)O[C@H](O[C@@H]7C(CO)O[C@@H](O[C@@H]8C(CO)O[C@@H](O[C@H]1[C@H](O)C2O)C(O)[C@H]8O)C(O)[C@H]7O)C(O)[C@H]6O)C(O)[C@H]5O)C(O)[C@H]4O)C(O)[C@H]3O)C(=O)O. The molecular weight excluding hydrogens is 1440 g/mol. The quantitative estimate of drug-likeness (QED) is 0.0340. The molecule has 21 saturated heterocycles. The third-order valence-corrected chi connectivity index (χ3v) is 21.4. The second kappa shape index (κ2) is 40.1. The van der Waals surface area contributed by atoms with Crippen molar-refractivity contribution in [3.05, 3.63) is 0 Å². The molecule has 0 aromatic heterocycles. The lowest BCUT2D eigenvalue weighted by Gasteiger charge is -2.50. The Labute approximate surface area is 597 Å². The van der Waals surface area contributed by atoms with Gasteiger partial charge in [0.05, 0.1) is 77.6 Å². The summed E-state index contributed by atoms with van der Waals surface area (Å²) in [5.41, 5.74) is 0. The highest BCUT2D eigenvalue weighted by Crippen LogP contribution is 2.40. The van der Waals surface area contributed by atoms with Gasteiger partial charge in [0, 0.05) is 48.2 Å². The summed E-state index contributed by atoms with van der Waals surface area (Å²) in [6.45, 7) is -0.738. The molecule has 16 unspecified atom stereocenters. The minimum absolute atomic E-state index is 0.0248. The molecule has 37 atom stereocenters. The molecule has 21 rings (SSSR count). The van der Waals surface area contributed by atoms with E-state index >= 15 is 0 Å². The fourth-order valence-electron chi connectivity index (χ4n) is 12.8. The molecule has 20 N–H and O–H groups in total. The summed E-state index contributed by atoms with van der Waals surface area (Å²) in [5, 5.41) is 227. The summed E-state index contributed by atoms with van der Waals surface area (Å²) >= 11 is 1.89. The normalized spacial score (nSPS) is 44.9. The van der Waals surface area contributed by atoms with Crippen molar-refractivity contribution in [3.8, 4) is 0 Å². The predicted molar refractivity (Wildman–Crippen MR) is 336 cm³/mol. The molecule has 21 heterocycles. The first-order valence-corrected chi connectivity index (χ1v) is 36.1. The number of ether oxygens (including phenoxy) is 16. The summed E-state index contributed by atoms with van der Waals surface area (Å²) < 4.78 is 93.8. The highest BCUT2D eigenvalue weighted by atomic mass is 32.2. The number of carboxylic acids is 1. The summed E-state index contributed by atoms with van der Waals surface area (Å²) in [6, 6.07) is 0. The second-order valence-corrected chi connectivity index (χ2v) is 28.4. The largest absolute Gasteiger partial charge is 0.481 e. The number of carbonyl (C=O) groups is 4. The molecule has 0 aromatic rings. The zero-order valence-corrected chi connectivity index (χ0v) is 57.9. The van der Waals surface area contributed by atoms with E-state index in [1.807, 2.05) is 0 Å². The first-order valence-electron chi connectivity index (χ1n) is 33.8. The fourth-order valence-corrected chi connectivity index (χ4v) is 15.4. The van der Waals surface area contributed by atoms with Crippen LogP contribution in [-0.4, -0.2) is 423 Å². The van der Waals surface area contributed by atoms with E-state index in [2.05, 4.69) is 0 Å². The first kappa shape index (κ1) is 86.4. The van der Waals surface area contributed by atoms with E-state index in [0.717, 1.165) is 23.5 Å². The van der Waals surface area contributed by atoms with Crippen LogP contribution in [0.2, 0.25) is 0 Å². The molecule has 42 heteroatoms. The van der Waals surface area contributed by atoms with Crippen LogP contribution in [0.1, 0.15) is 46.5 Å². The Morgan fingerprint density at radius 3 is 0.816 bits per heavy atom. The van der Waals surface area contributed by atoms with Crippen LogP contribution in [-0.2, 0) is 95.0 Å². The smallest absolute Gasteiger partial charge is 0.307 e. The van der Waals surface area contributed by atoms with Crippen molar-refractivity contribution in [2.24, 2.45) is 11.8 Å². The molecule has 0 radical (unpaired) electrons. The number of hydrogen-bond donors (Lipinski definition) is 20. The summed E-state index contributed by atoms with van der Waals surface area (Å²) in [5.74, 6) is -4.73. The van der Waals surface area contributed by atoms with Crippen molar-refractivity contribution in [2.75, 3.05) is 82.5 Å². The van der Waals surface area contributed by atoms with Crippen LogP contribution in [0.5, 0.6) is 0 Å². The van der Waals surface area contributed by atoms with Gasteiger partial charge in [0.1, 0.15) is 176 Å². The number of aliphatic hydroxyl groups excluding tert-OH is 19. The summed E-state index contributed by atoms with van der Waals surface area (Å²) in [6.07, 6.45) is -71.5. The average molecular weight is 1540 g/mol. The minimum atomic E-state index is -2.28. The van der Waals surface area contributed by atoms with E-state index in [1.54, 1.807) is 6.92 Å². The molecular formula is C61H100O40S2. The van der Waals surface area contributed by atoms with Crippen LogP contribution in [0.4, 0.5) is 0 Å². The van der Waals surface area contributed by atoms with Crippen LogP contribution >= 0.6 is 23.5 Å². The monoisotopic (exact) mass is 1540 g/mol. The Balaban J connectivity index is 1.08. The van der Waals surface area contributed by atoms with Crippen molar-refractivity contribution in [1.29, 1.82) is 0 Å². The van der Waals surface area contributed by atoms with E-state index < -0.39 is 272 Å². The van der Waals surface area contributed by atoms with E-state index in [-0.39, 0.29) is 86.7 Å². The topological polar surface area (TPSA) is 621 Å². The van der Waals surface area contributed by atoms with Crippen molar-refractivity contribution in [3.63, 3.8) is 0 Å². The van der Waals surface area contributed by atoms with Crippen molar-refractivity contribution >= 4 is 46.8 Å². The Hall–Kier alpha value is -2.22. The second-order valence-electron chi connectivity index (χ2n) is 26.3. The van der Waals surface area contributed by atoms with Gasteiger partial charge in [-0.3, -0.25) is 19.2 Å². The molecule has 0 aromatic carbocycles. The van der Waals surface area contributed by atoms with Crippen LogP contribution in [0.25, 0.3) is 0 Å². The number of carbonyl (C=O) groups excluding carboxylic acids is 3. The minimum Gasteiger partial charge on any atom is -0.481 e. The lowest BCUT2D eigenvalue weighted by atomic mass is 9.95. The number of hydrogen-bond acceptors (Lipinski definition) is 41. The number of aliphatic carboxylic acids is 1. The van der Waals surface area contributed by atoms with Gasteiger partial charge in [0.25, 0.3) is 0 Å². The third kappa shape index (κ3) is 21.1. The van der Waals surface area contributed by atoms with Gasteiger partial charge in [-0.2, -0.15) is 23.5 Å². The number of Topliss-reactive ketones (excluding diaryl/α,β-unsaturated/α-hetero) is 3. The van der Waals surface area contributed by atoms with Gasteiger partial charge in [-0.15, -0.1) is 0 Å². The number of thioether (sulfide) groups is 2. The standard InChI is InChI=1S/C61H100O40S2/c1-4-23(54(84)85)17-102-19-31-52-38(75)45(82)60(93-31)98-50-29(15-65)89-56(41(78)34(50)71)95-47-26(12-62)88-55(40(77)33(47)70)96-48-28(14-64)92-59(44(81)37(48)74)101-53-32(20-103-18-24(22(3)68)11-25(69)6-8-87-10-9-86-7-5-21(2)67)94-61(46(83)39(53)76)99-51-30(16-66)90-57(42(79)35(51)72)97-49-27(13-63)91-58(100-52)43(80)36(49)73/h23-24,26-53,55-66,70-83H,4-20H2,1-3H3,(H,84,85)/t23?,24?,26?,27?,28?,29?,30?,31?,32?,33-,34-,35-,36-,37-,38-,39-,40?,41?,42?,43?,44?,45?,46?,47-,48-,49-,50-,51-,52-,53-,55-,56-,57+,58+,59-,60+,61-/m1/s1. The maximum absolute atomic E-state index is 13.1. The number of carboxylic acid groups (broad SMARTS) is 1. The number of aliphatic hydroxyl groups is 19. The van der Waals surface area contributed by atoms with Crippen LogP contribution in [0.3, 0.4) is 0 Å². The van der Waals surface area contributed by atoms with Crippen LogP contribution < -0.4 is 0 Å². The Morgan fingerprint density at radius 1 is 0.340 bits per heavy atom. The molecule has 40 nitrogen and oxygen atoms in total. The average Bonchev–Trinajstić information content (AvgIpc) is 0.785. The maximum atomic E-state index is 13.1. The van der Waals surface area contributed by atoms with Gasteiger partial charge in [0.15, 0.2) is 44.0 Å². The van der Waals surface area contributed by atoms with Gasteiger partial charge in [0.2, 0.25) is 0 Å². The molecule has 0 aliphatic carbocycles. The van der Waals surface area contributed by atoms with Gasteiger partial charge >= 0.3 is 5.97 Å². The van der Waals surface area contributed by atoms with Crippen molar-refractivity contribution < 1.29 is 197 Å². The molecule has 0 saturated carbocycles. The molecule has 596 valence electrons. The molecule has 14 bridgehead atoms. The number of rotatable bonds is 27. The van der Waals surface area contributed by atoms with Gasteiger partial charge in [-0.1, -0.05) is 6.92 Å². The molecule has 21 aliphatic rings. The molecule has 21 aliphatic heterocycles.